The molecule has 0 radical (unpaired) electrons. The number of aromatic nitrogens is 3. The molecule has 5 aromatic rings. The number of hydrogen-bond acceptors (Lipinski definition) is 8. The van der Waals surface area contributed by atoms with Gasteiger partial charge in [0.05, 0.1) is 16.9 Å². The number of pyridine rings is 1. The zero-order valence-electron chi connectivity index (χ0n) is 22.7. The van der Waals surface area contributed by atoms with Gasteiger partial charge < -0.3 is 9.88 Å². The Labute approximate surface area is 250 Å². The third kappa shape index (κ3) is 5.90. The van der Waals surface area contributed by atoms with Crippen molar-refractivity contribution in [1.29, 1.82) is 0 Å². The fraction of sp³-hybridized carbons (Fsp3) is 0.333. The molecular weight excluding hydrogens is 573 g/mol. The van der Waals surface area contributed by atoms with Crippen molar-refractivity contribution >= 4 is 55.1 Å². The Balaban J connectivity index is 0.00000337. The molecule has 0 bridgehead atoms. The molecule has 1 N–H and O–H groups in total. The predicted molar refractivity (Wildman–Crippen MR) is 172 cm³/mol. The van der Waals surface area contributed by atoms with Gasteiger partial charge in [-0.25, -0.2) is 18.4 Å². The summed E-state index contributed by atoms with van der Waals surface area (Å²) in [5.41, 5.74) is 3.38. The summed E-state index contributed by atoms with van der Waals surface area (Å²) in [4.78, 5) is 18.9. The lowest BCUT2D eigenvalue weighted by atomic mass is 10.2. The lowest BCUT2D eigenvalue weighted by Crippen LogP contribution is -2.46. The Kier molecular flexibility index (Phi) is 8.51. The molecule has 0 unspecified atom stereocenters. The molecule has 5 heterocycles. The number of hydrogen-bond donors (Lipinski definition) is 1. The first kappa shape index (κ1) is 29.2. The van der Waals surface area contributed by atoms with E-state index in [0.717, 1.165) is 65.8 Å². The number of benzene rings is 1. The van der Waals surface area contributed by atoms with Crippen molar-refractivity contribution in [2.24, 2.45) is 0 Å². The lowest BCUT2D eigenvalue weighted by Gasteiger charge is -2.35. The minimum absolute atomic E-state index is 0. The Morgan fingerprint density at radius 3 is 2.54 bits per heavy atom. The number of aromatic amines is 1. The molecule has 0 saturated carbocycles. The van der Waals surface area contributed by atoms with Gasteiger partial charge in [0.1, 0.15) is 15.0 Å². The van der Waals surface area contributed by atoms with E-state index in [1.165, 1.54) is 20.5 Å². The number of rotatable bonds is 8. The number of thiazole rings is 1. The molecule has 216 valence electrons. The first-order chi connectivity index (χ1) is 19.3. The number of thiophene rings is 1. The summed E-state index contributed by atoms with van der Waals surface area (Å²) in [6, 6.07) is 17.2. The van der Waals surface area contributed by atoms with Crippen LogP contribution in [0.3, 0.4) is 0 Å². The standard InChI is InChI=1S/C29H32N6O2S3.CH4/c1-20(2)35(40(36,37)27-11-6-16-38-27)25-9-5-8-22-17-24(32-28(22)25)29-30-18-23(39-29)19-33-12-14-34(15-13-33)26-10-4-7-21(3)31-26;/h4-11,16-18,20,32H,12-15,19H2,1-3H3;1H4. The van der Waals surface area contributed by atoms with Crippen LogP contribution in [0.2, 0.25) is 0 Å². The van der Waals surface area contributed by atoms with Gasteiger partial charge in [0.15, 0.2) is 0 Å². The maximum absolute atomic E-state index is 13.6. The van der Waals surface area contributed by atoms with E-state index >= 15 is 0 Å². The molecule has 4 aromatic heterocycles. The van der Waals surface area contributed by atoms with E-state index in [4.69, 9.17) is 4.98 Å². The molecule has 1 fully saturated rings. The fourth-order valence-corrected chi connectivity index (χ4v) is 8.88. The molecule has 1 aromatic carbocycles. The van der Waals surface area contributed by atoms with Crippen LogP contribution in [0.1, 0.15) is 31.8 Å². The molecule has 8 nitrogen and oxygen atoms in total. The van der Waals surface area contributed by atoms with Gasteiger partial charge >= 0.3 is 0 Å². The van der Waals surface area contributed by atoms with E-state index in [1.807, 2.05) is 51.2 Å². The van der Waals surface area contributed by atoms with Crippen molar-refractivity contribution < 1.29 is 8.42 Å². The van der Waals surface area contributed by atoms with Gasteiger partial charge in [0.2, 0.25) is 0 Å². The van der Waals surface area contributed by atoms with Crippen LogP contribution in [-0.2, 0) is 16.6 Å². The average molecular weight is 609 g/mol. The number of nitrogens with one attached hydrogen (secondary N) is 1. The molecule has 0 aliphatic carbocycles. The number of piperazine rings is 1. The minimum atomic E-state index is -3.69. The highest BCUT2D eigenvalue weighted by Gasteiger charge is 2.30. The molecule has 0 amide bonds. The summed E-state index contributed by atoms with van der Waals surface area (Å²) >= 11 is 2.91. The third-order valence-corrected chi connectivity index (χ3v) is 11.5. The van der Waals surface area contributed by atoms with Gasteiger partial charge in [-0.3, -0.25) is 9.21 Å². The number of fused-ring (bicyclic) bond motifs is 1. The van der Waals surface area contributed by atoms with Crippen molar-refractivity contribution in [3.63, 3.8) is 0 Å². The van der Waals surface area contributed by atoms with Gasteiger partial charge in [-0.05, 0) is 56.5 Å². The highest BCUT2D eigenvalue weighted by molar-refractivity contribution is 7.94. The van der Waals surface area contributed by atoms with E-state index < -0.39 is 10.0 Å². The Hall–Kier alpha value is -3.25. The number of anilines is 2. The van der Waals surface area contributed by atoms with Crippen LogP contribution in [0.15, 0.2) is 70.4 Å². The lowest BCUT2D eigenvalue weighted by molar-refractivity contribution is 0.251. The van der Waals surface area contributed by atoms with Crippen LogP contribution in [-0.4, -0.2) is 60.5 Å². The zero-order chi connectivity index (χ0) is 27.9. The second-order valence-corrected chi connectivity index (χ2v) is 14.4. The van der Waals surface area contributed by atoms with Crippen molar-refractivity contribution in [2.75, 3.05) is 35.4 Å². The van der Waals surface area contributed by atoms with Crippen LogP contribution >= 0.6 is 22.7 Å². The number of nitrogens with zero attached hydrogens (tertiary/aromatic N) is 5. The zero-order valence-corrected chi connectivity index (χ0v) is 25.2. The van der Waals surface area contributed by atoms with E-state index in [1.54, 1.807) is 28.8 Å². The Morgan fingerprint density at radius 1 is 1.05 bits per heavy atom. The Morgan fingerprint density at radius 2 is 1.83 bits per heavy atom. The van der Waals surface area contributed by atoms with Crippen LogP contribution in [0.5, 0.6) is 0 Å². The summed E-state index contributed by atoms with van der Waals surface area (Å²) in [5, 5.41) is 3.65. The second kappa shape index (κ2) is 11.9. The van der Waals surface area contributed by atoms with Gasteiger partial charge in [-0.2, -0.15) is 0 Å². The largest absolute Gasteiger partial charge is 0.354 e. The molecule has 11 heteroatoms. The molecular formula is C30H36N6O2S3. The monoisotopic (exact) mass is 608 g/mol. The summed E-state index contributed by atoms with van der Waals surface area (Å²) in [6.07, 6.45) is 1.96. The third-order valence-electron chi connectivity index (χ3n) is 7.08. The van der Waals surface area contributed by atoms with Crippen molar-refractivity contribution in [3.05, 3.63) is 76.7 Å². The quantitative estimate of drug-likeness (QED) is 0.213. The van der Waals surface area contributed by atoms with E-state index in [-0.39, 0.29) is 13.5 Å². The Bertz CT molecular complexity index is 1720. The first-order valence-electron chi connectivity index (χ1n) is 13.4. The first-order valence-corrected chi connectivity index (χ1v) is 16.5. The summed E-state index contributed by atoms with van der Waals surface area (Å²) in [6.45, 7) is 10.5. The number of H-pyrrole nitrogens is 1. The van der Waals surface area contributed by atoms with Crippen LogP contribution in [0.25, 0.3) is 21.6 Å². The normalized spacial score (nSPS) is 14.5. The predicted octanol–water partition coefficient (Wildman–Crippen LogP) is 6.62. The molecule has 0 spiro atoms. The maximum Gasteiger partial charge on any atom is 0.274 e. The van der Waals surface area contributed by atoms with Crippen LogP contribution < -0.4 is 9.21 Å². The van der Waals surface area contributed by atoms with E-state index in [2.05, 4.69) is 38.0 Å². The van der Waals surface area contributed by atoms with E-state index in [0.29, 0.717) is 9.90 Å². The summed E-state index contributed by atoms with van der Waals surface area (Å²) < 4.78 is 29.0. The average Bonchev–Trinajstić information content (AvgIpc) is 3.70. The highest BCUT2D eigenvalue weighted by Crippen LogP contribution is 2.36. The highest BCUT2D eigenvalue weighted by atomic mass is 32.2. The molecule has 1 aliphatic rings. The molecule has 1 aliphatic heterocycles. The smallest absolute Gasteiger partial charge is 0.274 e. The van der Waals surface area contributed by atoms with Gasteiger partial charge in [0, 0.05) is 60.9 Å². The van der Waals surface area contributed by atoms with Crippen LogP contribution in [0.4, 0.5) is 11.5 Å². The van der Waals surface area contributed by atoms with Gasteiger partial charge in [-0.15, -0.1) is 22.7 Å². The molecule has 6 rings (SSSR count). The fourth-order valence-electron chi connectivity index (χ4n) is 5.20. The number of para-hydroxylation sites is 1. The van der Waals surface area contributed by atoms with Gasteiger partial charge in [0.25, 0.3) is 10.0 Å². The topological polar surface area (TPSA) is 85.4 Å². The van der Waals surface area contributed by atoms with Crippen molar-refractivity contribution in [1.82, 2.24) is 19.9 Å². The second-order valence-electron chi connectivity index (χ2n) is 10.3. The maximum atomic E-state index is 13.6. The molecule has 0 atom stereocenters. The number of sulfonamides is 1. The molecule has 1 saturated heterocycles. The van der Waals surface area contributed by atoms with Gasteiger partial charge in [-0.1, -0.05) is 31.7 Å². The minimum Gasteiger partial charge on any atom is -0.354 e. The summed E-state index contributed by atoms with van der Waals surface area (Å²) in [5.74, 6) is 1.05. The van der Waals surface area contributed by atoms with Crippen LogP contribution in [0, 0.1) is 6.92 Å². The number of aryl methyl sites for hydroxylation is 1. The summed E-state index contributed by atoms with van der Waals surface area (Å²) in [7, 11) is -3.69. The molecule has 41 heavy (non-hydrogen) atoms. The van der Waals surface area contributed by atoms with Crippen molar-refractivity contribution in [2.45, 2.75) is 45.0 Å². The van der Waals surface area contributed by atoms with E-state index in [9.17, 15) is 8.42 Å². The van der Waals surface area contributed by atoms with Crippen molar-refractivity contribution in [3.8, 4) is 10.7 Å². The SMILES string of the molecule is C.Cc1cccc(N2CCN(Cc3cnc(-c4cc5cccc(N(C(C)C)S(=O)(=O)c6cccs6)c5[nH]4)s3)CC2)n1.